The molecule has 4 nitrogen and oxygen atoms in total. The molecule has 3 aliphatic rings. The summed E-state index contributed by atoms with van der Waals surface area (Å²) in [4.78, 5) is 14.8. The summed E-state index contributed by atoms with van der Waals surface area (Å²) >= 11 is 0. The van der Waals surface area contributed by atoms with E-state index in [0.29, 0.717) is 25.6 Å². The van der Waals surface area contributed by atoms with Gasteiger partial charge in [-0.3, -0.25) is 4.79 Å². The van der Waals surface area contributed by atoms with E-state index in [4.69, 9.17) is 9.47 Å². The molecular formula is C24H29NO3. The summed E-state index contributed by atoms with van der Waals surface area (Å²) in [6, 6.07) is 5.91. The van der Waals surface area contributed by atoms with E-state index in [-0.39, 0.29) is 23.7 Å². The van der Waals surface area contributed by atoms with Gasteiger partial charge in [0, 0.05) is 24.6 Å². The smallest absolute Gasteiger partial charge is 0.254 e. The second kappa shape index (κ2) is 7.34. The fourth-order valence-electron chi connectivity index (χ4n) is 4.29. The number of nitrogens with zero attached hydrogens (tertiary/aromatic N) is 1. The summed E-state index contributed by atoms with van der Waals surface area (Å²) in [7, 11) is 0. The predicted octanol–water partition coefficient (Wildman–Crippen LogP) is 4.37. The third-order valence-electron chi connectivity index (χ3n) is 5.66. The molecule has 3 atom stereocenters. The summed E-state index contributed by atoms with van der Waals surface area (Å²) in [6.07, 6.45) is 8.97. The lowest BCUT2D eigenvalue weighted by atomic mass is 9.82. The Morgan fingerprint density at radius 2 is 2.14 bits per heavy atom. The van der Waals surface area contributed by atoms with Crippen molar-refractivity contribution in [2.24, 2.45) is 5.92 Å². The van der Waals surface area contributed by atoms with Crippen molar-refractivity contribution in [3.05, 3.63) is 65.3 Å². The summed E-state index contributed by atoms with van der Waals surface area (Å²) < 4.78 is 12.6. The first-order chi connectivity index (χ1) is 13.4. The van der Waals surface area contributed by atoms with Crippen LogP contribution >= 0.6 is 0 Å². The van der Waals surface area contributed by atoms with Crippen LogP contribution in [0.2, 0.25) is 0 Å². The van der Waals surface area contributed by atoms with E-state index in [1.807, 2.05) is 23.1 Å². The number of carbonyl (C=O) groups excluding carboxylic acids is 1. The summed E-state index contributed by atoms with van der Waals surface area (Å²) in [5, 5.41) is 0. The minimum Gasteiger partial charge on any atom is -0.374 e. The molecule has 0 radical (unpaired) electrons. The van der Waals surface area contributed by atoms with Crippen LogP contribution in [0.1, 0.15) is 48.7 Å². The number of fused-ring (bicyclic) bond motifs is 1. The lowest BCUT2D eigenvalue weighted by Crippen LogP contribution is -2.51. The molecule has 1 fully saturated rings. The molecule has 1 saturated heterocycles. The minimum absolute atomic E-state index is 0.0646. The zero-order chi connectivity index (χ0) is 19.9. The van der Waals surface area contributed by atoms with Crippen LogP contribution in [-0.2, 0) is 16.0 Å². The van der Waals surface area contributed by atoms with E-state index in [9.17, 15) is 4.79 Å². The van der Waals surface area contributed by atoms with Crippen LogP contribution < -0.4 is 0 Å². The summed E-state index contributed by atoms with van der Waals surface area (Å²) in [5.74, 6) is 0.393. The molecule has 0 spiro atoms. The van der Waals surface area contributed by atoms with E-state index in [1.54, 1.807) is 0 Å². The van der Waals surface area contributed by atoms with Crippen molar-refractivity contribution in [1.82, 2.24) is 4.90 Å². The predicted molar refractivity (Wildman–Crippen MR) is 111 cm³/mol. The number of amides is 1. The first kappa shape index (κ1) is 19.2. The van der Waals surface area contributed by atoms with Crippen molar-refractivity contribution in [3.63, 3.8) is 0 Å². The van der Waals surface area contributed by atoms with Crippen LogP contribution in [0.4, 0.5) is 0 Å². The van der Waals surface area contributed by atoms with E-state index in [0.717, 1.165) is 23.1 Å². The highest BCUT2D eigenvalue weighted by Crippen LogP contribution is 2.36. The lowest BCUT2D eigenvalue weighted by molar-refractivity contribution is -0.173. The number of hydrogen-bond donors (Lipinski definition) is 0. The Morgan fingerprint density at radius 1 is 1.36 bits per heavy atom. The second-order valence-corrected chi connectivity index (χ2v) is 8.83. The maximum atomic E-state index is 12.9. The van der Waals surface area contributed by atoms with Gasteiger partial charge in [-0.05, 0) is 56.0 Å². The fraction of sp³-hybridized carbons (Fsp3) is 0.458. The van der Waals surface area contributed by atoms with Gasteiger partial charge in [0.15, 0.2) is 0 Å². The Bertz CT molecular complexity index is 846. The molecular weight excluding hydrogens is 350 g/mol. The van der Waals surface area contributed by atoms with Gasteiger partial charge in [-0.25, -0.2) is 0 Å². The number of allylic oxidation sites excluding steroid dienone is 3. The number of benzene rings is 1. The summed E-state index contributed by atoms with van der Waals surface area (Å²) in [5.41, 5.74) is 3.95. The average Bonchev–Trinajstić information content (AvgIpc) is 2.90. The van der Waals surface area contributed by atoms with Crippen LogP contribution in [-0.4, -0.2) is 41.8 Å². The van der Waals surface area contributed by atoms with Gasteiger partial charge < -0.3 is 14.4 Å². The third kappa shape index (κ3) is 3.71. The van der Waals surface area contributed by atoms with Crippen molar-refractivity contribution < 1.29 is 14.3 Å². The van der Waals surface area contributed by atoms with Gasteiger partial charge in [-0.15, -0.1) is 0 Å². The molecule has 0 N–H and O–H groups in total. The van der Waals surface area contributed by atoms with Gasteiger partial charge >= 0.3 is 0 Å². The normalized spacial score (nSPS) is 26.7. The Morgan fingerprint density at radius 3 is 2.79 bits per heavy atom. The lowest BCUT2D eigenvalue weighted by Gasteiger charge is -2.43. The van der Waals surface area contributed by atoms with Crippen molar-refractivity contribution in [3.8, 4) is 0 Å². The summed E-state index contributed by atoms with van der Waals surface area (Å²) in [6.45, 7) is 11.9. The standard InChI is InChI=1S/C24H29NO3/c1-5-16-9-10-20-18(13-16)14-25(23(20)26)15-21-22(28-24(2,3)4)19(11-12-27-21)17-7-6-8-17/h5-10,13,19,21-22H,1,11-12,14-15H2,2-4H3/t19-,21+,22+/m0/s1. The molecule has 4 heteroatoms. The van der Waals surface area contributed by atoms with Gasteiger partial charge in [0.1, 0.15) is 6.10 Å². The fourth-order valence-corrected chi connectivity index (χ4v) is 4.29. The Labute approximate surface area is 167 Å². The molecule has 4 rings (SSSR count). The molecule has 0 aromatic heterocycles. The molecule has 1 amide bonds. The van der Waals surface area contributed by atoms with E-state index < -0.39 is 0 Å². The van der Waals surface area contributed by atoms with E-state index >= 15 is 0 Å². The molecule has 1 aliphatic carbocycles. The molecule has 148 valence electrons. The quantitative estimate of drug-likeness (QED) is 0.762. The van der Waals surface area contributed by atoms with Crippen LogP contribution in [0.3, 0.4) is 0 Å². The van der Waals surface area contributed by atoms with Crippen molar-refractivity contribution >= 4 is 12.0 Å². The Kier molecular flexibility index (Phi) is 5.02. The molecule has 1 aromatic carbocycles. The number of ether oxygens (including phenoxy) is 2. The zero-order valence-electron chi connectivity index (χ0n) is 17.0. The van der Waals surface area contributed by atoms with Crippen molar-refractivity contribution in [1.29, 1.82) is 0 Å². The van der Waals surface area contributed by atoms with Crippen LogP contribution in [0.5, 0.6) is 0 Å². The molecule has 2 heterocycles. The second-order valence-electron chi connectivity index (χ2n) is 8.83. The van der Waals surface area contributed by atoms with Crippen LogP contribution in [0.15, 0.2) is 48.6 Å². The molecule has 0 saturated carbocycles. The first-order valence-electron chi connectivity index (χ1n) is 10.1. The van der Waals surface area contributed by atoms with E-state index in [1.165, 1.54) is 5.57 Å². The average molecular weight is 380 g/mol. The van der Waals surface area contributed by atoms with Gasteiger partial charge in [-0.2, -0.15) is 0 Å². The molecule has 0 unspecified atom stereocenters. The van der Waals surface area contributed by atoms with Gasteiger partial charge in [0.05, 0.1) is 18.2 Å². The third-order valence-corrected chi connectivity index (χ3v) is 5.66. The van der Waals surface area contributed by atoms with Crippen molar-refractivity contribution in [2.45, 2.75) is 51.5 Å². The molecule has 28 heavy (non-hydrogen) atoms. The number of rotatable bonds is 5. The van der Waals surface area contributed by atoms with Gasteiger partial charge in [0.25, 0.3) is 5.91 Å². The van der Waals surface area contributed by atoms with E-state index in [2.05, 4.69) is 51.6 Å². The Balaban J connectivity index is 1.53. The molecule has 1 aromatic rings. The highest BCUT2D eigenvalue weighted by Gasteiger charge is 2.41. The monoisotopic (exact) mass is 379 g/mol. The molecule has 2 aliphatic heterocycles. The van der Waals surface area contributed by atoms with Crippen LogP contribution in [0, 0.1) is 5.92 Å². The molecule has 0 bridgehead atoms. The SMILES string of the molecule is C=Cc1ccc2c(c1)CN(C[C@H]1OCC[C@@H](C3=CC=C3)[C@H]1OC(C)(C)C)C2=O. The Hall–Kier alpha value is -2.17. The van der Waals surface area contributed by atoms with Gasteiger partial charge in [-0.1, -0.05) is 36.9 Å². The minimum atomic E-state index is -0.271. The number of hydrogen-bond acceptors (Lipinski definition) is 3. The number of carbonyl (C=O) groups is 1. The zero-order valence-corrected chi connectivity index (χ0v) is 17.0. The van der Waals surface area contributed by atoms with Crippen molar-refractivity contribution in [2.75, 3.05) is 13.2 Å². The highest BCUT2D eigenvalue weighted by molar-refractivity contribution is 5.98. The van der Waals surface area contributed by atoms with Gasteiger partial charge in [0.2, 0.25) is 0 Å². The largest absolute Gasteiger partial charge is 0.374 e. The topological polar surface area (TPSA) is 38.8 Å². The maximum absolute atomic E-state index is 12.9. The maximum Gasteiger partial charge on any atom is 0.254 e. The van der Waals surface area contributed by atoms with Crippen LogP contribution in [0.25, 0.3) is 6.08 Å². The first-order valence-corrected chi connectivity index (χ1v) is 10.1. The highest BCUT2D eigenvalue weighted by atomic mass is 16.6.